The molecule has 1 aromatic rings. The van der Waals surface area contributed by atoms with Gasteiger partial charge in [0, 0.05) is 12.5 Å². The van der Waals surface area contributed by atoms with Gasteiger partial charge in [-0.2, -0.15) is 0 Å². The van der Waals surface area contributed by atoms with E-state index in [1.165, 1.54) is 0 Å². The molecule has 1 fully saturated rings. The molecular formula is C14H16N2O2. The molecule has 1 atom stereocenters. The van der Waals surface area contributed by atoms with Crippen LogP contribution in [0.4, 0.5) is 0 Å². The Morgan fingerprint density at radius 3 is 2.78 bits per heavy atom. The van der Waals surface area contributed by atoms with Crippen molar-refractivity contribution >= 4 is 11.6 Å². The highest BCUT2D eigenvalue weighted by atomic mass is 16.7. The monoisotopic (exact) mass is 244 g/mol. The first-order chi connectivity index (χ1) is 8.67. The minimum absolute atomic E-state index is 0.0559. The van der Waals surface area contributed by atoms with E-state index in [1.807, 2.05) is 30.3 Å². The second kappa shape index (κ2) is 4.12. The van der Waals surface area contributed by atoms with Gasteiger partial charge in [-0.3, -0.25) is 4.79 Å². The molecule has 4 heteroatoms. The summed E-state index contributed by atoms with van der Waals surface area (Å²) in [5, 5.41) is 7.03. The zero-order valence-electron chi connectivity index (χ0n) is 10.3. The largest absolute Gasteiger partial charge is 0.379 e. The summed E-state index contributed by atoms with van der Waals surface area (Å²) in [7, 11) is 0. The summed E-state index contributed by atoms with van der Waals surface area (Å²) < 4.78 is 0. The SMILES string of the molecule is C[C@]1(C(=O)NC2CC2)CC(c2ccccc2)=NO1. The van der Waals surface area contributed by atoms with Crippen LogP contribution < -0.4 is 5.32 Å². The number of hydrogen-bond acceptors (Lipinski definition) is 3. The third-order valence-corrected chi connectivity index (χ3v) is 3.36. The molecule has 0 bridgehead atoms. The van der Waals surface area contributed by atoms with Gasteiger partial charge in [0.15, 0.2) is 0 Å². The molecule has 3 rings (SSSR count). The summed E-state index contributed by atoms with van der Waals surface area (Å²) in [4.78, 5) is 17.5. The highest BCUT2D eigenvalue weighted by Gasteiger charge is 2.43. The van der Waals surface area contributed by atoms with Crippen LogP contribution in [0.3, 0.4) is 0 Å². The molecule has 94 valence electrons. The zero-order chi connectivity index (χ0) is 12.6. The van der Waals surface area contributed by atoms with Crippen LogP contribution in [0.25, 0.3) is 0 Å². The van der Waals surface area contributed by atoms with Crippen LogP contribution in [0.5, 0.6) is 0 Å². The second-order valence-electron chi connectivity index (χ2n) is 5.15. The first-order valence-corrected chi connectivity index (χ1v) is 6.29. The van der Waals surface area contributed by atoms with Crippen molar-refractivity contribution in [3.05, 3.63) is 35.9 Å². The van der Waals surface area contributed by atoms with Crippen molar-refractivity contribution in [1.82, 2.24) is 5.32 Å². The number of nitrogens with one attached hydrogen (secondary N) is 1. The lowest BCUT2D eigenvalue weighted by molar-refractivity contribution is -0.141. The zero-order valence-corrected chi connectivity index (χ0v) is 10.3. The molecule has 1 N–H and O–H groups in total. The molecule has 1 aromatic carbocycles. The van der Waals surface area contributed by atoms with Crippen LogP contribution in [-0.2, 0) is 9.63 Å². The number of nitrogens with zero attached hydrogens (tertiary/aromatic N) is 1. The fourth-order valence-corrected chi connectivity index (χ4v) is 2.01. The molecule has 2 aliphatic rings. The Balaban J connectivity index is 1.70. The Hall–Kier alpha value is -1.84. The summed E-state index contributed by atoms with van der Waals surface area (Å²) in [5.41, 5.74) is 0.998. The van der Waals surface area contributed by atoms with Gasteiger partial charge in [-0.05, 0) is 25.3 Å². The standard InChI is InChI=1S/C14H16N2O2/c1-14(13(17)15-11-7-8-11)9-12(16-18-14)10-5-3-2-4-6-10/h2-6,11H,7-9H2,1H3,(H,15,17)/t14-/m1/s1. The molecule has 4 nitrogen and oxygen atoms in total. The maximum Gasteiger partial charge on any atom is 0.267 e. The van der Waals surface area contributed by atoms with Crippen LogP contribution in [0.15, 0.2) is 35.5 Å². The molecule has 0 saturated heterocycles. The van der Waals surface area contributed by atoms with Crippen molar-refractivity contribution in [3.63, 3.8) is 0 Å². The Labute approximate surface area is 106 Å². The first kappa shape index (κ1) is 11.3. The van der Waals surface area contributed by atoms with Gasteiger partial charge in [0.25, 0.3) is 5.91 Å². The minimum Gasteiger partial charge on any atom is -0.379 e. The predicted molar refractivity (Wildman–Crippen MR) is 68.3 cm³/mol. The highest BCUT2D eigenvalue weighted by molar-refractivity contribution is 6.05. The molecule has 1 saturated carbocycles. The molecule has 1 aliphatic carbocycles. The maximum atomic E-state index is 12.1. The van der Waals surface area contributed by atoms with Gasteiger partial charge < -0.3 is 10.2 Å². The summed E-state index contributed by atoms with van der Waals surface area (Å²) in [6.45, 7) is 1.80. The van der Waals surface area contributed by atoms with E-state index in [0.29, 0.717) is 12.5 Å². The Kier molecular flexibility index (Phi) is 2.58. The lowest BCUT2D eigenvalue weighted by atomic mass is 9.95. The maximum absolute atomic E-state index is 12.1. The van der Waals surface area contributed by atoms with E-state index in [0.717, 1.165) is 24.1 Å². The van der Waals surface area contributed by atoms with Crippen molar-refractivity contribution in [2.24, 2.45) is 5.16 Å². The van der Waals surface area contributed by atoms with Gasteiger partial charge in [-0.1, -0.05) is 35.5 Å². The fourth-order valence-electron chi connectivity index (χ4n) is 2.01. The molecule has 0 spiro atoms. The third-order valence-electron chi connectivity index (χ3n) is 3.36. The molecule has 0 aromatic heterocycles. The van der Waals surface area contributed by atoms with E-state index in [-0.39, 0.29) is 5.91 Å². The lowest BCUT2D eigenvalue weighted by Crippen LogP contribution is -2.45. The van der Waals surface area contributed by atoms with E-state index < -0.39 is 5.60 Å². The lowest BCUT2D eigenvalue weighted by Gasteiger charge is -2.20. The van der Waals surface area contributed by atoms with Crippen LogP contribution in [-0.4, -0.2) is 23.3 Å². The molecule has 18 heavy (non-hydrogen) atoms. The van der Waals surface area contributed by atoms with Gasteiger partial charge in [-0.15, -0.1) is 0 Å². The van der Waals surface area contributed by atoms with E-state index in [4.69, 9.17) is 4.84 Å². The molecular weight excluding hydrogens is 228 g/mol. The van der Waals surface area contributed by atoms with Crippen LogP contribution in [0.2, 0.25) is 0 Å². The number of benzene rings is 1. The first-order valence-electron chi connectivity index (χ1n) is 6.29. The molecule has 1 aliphatic heterocycles. The van der Waals surface area contributed by atoms with Gasteiger partial charge in [0.1, 0.15) is 0 Å². The van der Waals surface area contributed by atoms with E-state index in [1.54, 1.807) is 6.92 Å². The number of oxime groups is 1. The summed E-state index contributed by atoms with van der Waals surface area (Å²) in [6, 6.07) is 10.2. The summed E-state index contributed by atoms with van der Waals surface area (Å²) in [5.74, 6) is -0.0559. The molecule has 1 amide bonds. The molecule has 0 unspecified atom stereocenters. The second-order valence-corrected chi connectivity index (χ2v) is 5.15. The number of carbonyl (C=O) groups excluding carboxylic acids is 1. The predicted octanol–water partition coefficient (Wildman–Crippen LogP) is 1.85. The van der Waals surface area contributed by atoms with Crippen molar-refractivity contribution < 1.29 is 9.63 Å². The van der Waals surface area contributed by atoms with Crippen molar-refractivity contribution in [2.75, 3.05) is 0 Å². The Bertz CT molecular complexity index is 494. The minimum atomic E-state index is -0.853. The van der Waals surface area contributed by atoms with Crippen LogP contribution in [0, 0.1) is 0 Å². The van der Waals surface area contributed by atoms with Crippen molar-refractivity contribution in [1.29, 1.82) is 0 Å². The number of hydrogen-bond donors (Lipinski definition) is 1. The average Bonchev–Trinajstić information content (AvgIpc) is 3.11. The van der Waals surface area contributed by atoms with Gasteiger partial charge >= 0.3 is 0 Å². The van der Waals surface area contributed by atoms with Crippen molar-refractivity contribution in [2.45, 2.75) is 37.8 Å². The summed E-state index contributed by atoms with van der Waals surface area (Å²) in [6.07, 6.45) is 2.68. The number of carbonyl (C=O) groups is 1. The third kappa shape index (κ3) is 2.10. The van der Waals surface area contributed by atoms with E-state index in [9.17, 15) is 4.79 Å². The van der Waals surface area contributed by atoms with Crippen molar-refractivity contribution in [3.8, 4) is 0 Å². The smallest absolute Gasteiger partial charge is 0.267 e. The Morgan fingerprint density at radius 1 is 1.39 bits per heavy atom. The van der Waals surface area contributed by atoms with E-state index >= 15 is 0 Å². The van der Waals surface area contributed by atoms with Gasteiger partial charge in [0.2, 0.25) is 5.60 Å². The quantitative estimate of drug-likeness (QED) is 0.882. The Morgan fingerprint density at radius 2 is 2.11 bits per heavy atom. The fraction of sp³-hybridized carbons (Fsp3) is 0.429. The van der Waals surface area contributed by atoms with Gasteiger partial charge in [-0.25, -0.2) is 0 Å². The average molecular weight is 244 g/mol. The van der Waals surface area contributed by atoms with Gasteiger partial charge in [0.05, 0.1) is 5.71 Å². The number of amides is 1. The summed E-state index contributed by atoms with van der Waals surface area (Å²) >= 11 is 0. The highest BCUT2D eigenvalue weighted by Crippen LogP contribution is 2.28. The van der Waals surface area contributed by atoms with Crippen LogP contribution >= 0.6 is 0 Å². The normalized spacial score (nSPS) is 26.4. The topological polar surface area (TPSA) is 50.7 Å². The van der Waals surface area contributed by atoms with Crippen LogP contribution in [0.1, 0.15) is 31.7 Å². The number of rotatable bonds is 3. The molecule has 0 radical (unpaired) electrons. The molecule has 1 heterocycles. The van der Waals surface area contributed by atoms with E-state index in [2.05, 4.69) is 10.5 Å².